The van der Waals surface area contributed by atoms with Gasteiger partial charge in [-0.3, -0.25) is 0 Å². The van der Waals surface area contributed by atoms with Gasteiger partial charge in [0, 0.05) is 5.41 Å². The first-order valence-electron chi connectivity index (χ1n) is 6.88. The average molecular weight is 291 g/mol. The summed E-state index contributed by atoms with van der Waals surface area (Å²) in [6.07, 6.45) is 2.60. The summed E-state index contributed by atoms with van der Waals surface area (Å²) in [7, 11) is 0. The molecular weight excluding hydrogens is 274 g/mol. The van der Waals surface area contributed by atoms with E-state index in [1.165, 1.54) is 6.33 Å². The van der Waals surface area contributed by atoms with Crippen LogP contribution in [0.1, 0.15) is 19.4 Å². The van der Waals surface area contributed by atoms with Crippen molar-refractivity contribution >= 4 is 17.0 Å². The van der Waals surface area contributed by atoms with Crippen LogP contribution in [0.25, 0.3) is 11.2 Å². The standard InChI is InChI=1S/C13H17N5O3/c1-12(21)8(6-2-13(6,3-19)11(12)20)18-5-17-7-9(14)15-4-16-10(7)18/h4-6,8,11,19-21H,2-3H2,1H3,(H2,14,15,16)/t6-,8-,11?,12+,13+/m1/s1. The van der Waals surface area contributed by atoms with Gasteiger partial charge in [0.2, 0.25) is 0 Å². The van der Waals surface area contributed by atoms with E-state index >= 15 is 0 Å². The second kappa shape index (κ2) is 3.70. The molecule has 0 aromatic carbocycles. The number of rotatable bonds is 2. The van der Waals surface area contributed by atoms with Gasteiger partial charge in [0.25, 0.3) is 0 Å². The lowest BCUT2D eigenvalue weighted by Crippen LogP contribution is -2.46. The quantitative estimate of drug-likeness (QED) is 0.562. The molecule has 5 N–H and O–H groups in total. The van der Waals surface area contributed by atoms with E-state index in [2.05, 4.69) is 15.0 Å². The van der Waals surface area contributed by atoms with Gasteiger partial charge in [-0.25, -0.2) is 15.0 Å². The van der Waals surface area contributed by atoms with Gasteiger partial charge in [0.15, 0.2) is 11.5 Å². The van der Waals surface area contributed by atoms with Crippen molar-refractivity contribution in [3.63, 3.8) is 0 Å². The van der Waals surface area contributed by atoms with E-state index < -0.39 is 23.2 Å². The van der Waals surface area contributed by atoms with E-state index in [0.717, 1.165) is 0 Å². The smallest absolute Gasteiger partial charge is 0.165 e. The highest BCUT2D eigenvalue weighted by atomic mass is 16.3. The molecule has 0 aliphatic heterocycles. The van der Waals surface area contributed by atoms with Crippen LogP contribution in [0.3, 0.4) is 0 Å². The van der Waals surface area contributed by atoms with E-state index in [1.807, 2.05) is 0 Å². The molecule has 2 aliphatic carbocycles. The van der Waals surface area contributed by atoms with Crippen molar-refractivity contribution in [2.24, 2.45) is 11.3 Å². The maximum absolute atomic E-state index is 10.7. The number of anilines is 1. The van der Waals surface area contributed by atoms with Gasteiger partial charge in [-0.1, -0.05) is 0 Å². The summed E-state index contributed by atoms with van der Waals surface area (Å²) in [5, 5.41) is 30.7. The van der Waals surface area contributed by atoms with E-state index in [4.69, 9.17) is 5.73 Å². The Morgan fingerprint density at radius 2 is 2.19 bits per heavy atom. The number of aliphatic hydroxyl groups is 3. The summed E-state index contributed by atoms with van der Waals surface area (Å²) < 4.78 is 1.74. The van der Waals surface area contributed by atoms with Crippen LogP contribution in [0, 0.1) is 11.3 Å². The van der Waals surface area contributed by atoms with Gasteiger partial charge in [-0.15, -0.1) is 0 Å². The van der Waals surface area contributed by atoms with Crippen LogP contribution in [0.4, 0.5) is 5.82 Å². The number of hydrogen-bond acceptors (Lipinski definition) is 7. The molecule has 2 heterocycles. The van der Waals surface area contributed by atoms with Crippen LogP contribution in [-0.4, -0.2) is 53.2 Å². The van der Waals surface area contributed by atoms with Crippen molar-refractivity contribution in [3.8, 4) is 0 Å². The van der Waals surface area contributed by atoms with Crippen LogP contribution < -0.4 is 5.73 Å². The highest BCUT2D eigenvalue weighted by Gasteiger charge is 2.75. The van der Waals surface area contributed by atoms with E-state index in [-0.39, 0.29) is 18.3 Å². The summed E-state index contributed by atoms with van der Waals surface area (Å²) >= 11 is 0. The Bertz CT molecular complexity index is 730. The zero-order valence-corrected chi connectivity index (χ0v) is 11.5. The van der Waals surface area contributed by atoms with Gasteiger partial charge in [0.1, 0.15) is 17.4 Å². The third-order valence-corrected chi connectivity index (χ3v) is 5.24. The number of aromatic nitrogens is 4. The molecule has 0 bridgehead atoms. The Labute approximate surface area is 120 Å². The molecule has 21 heavy (non-hydrogen) atoms. The number of hydrogen-bond donors (Lipinski definition) is 4. The van der Waals surface area contributed by atoms with Gasteiger partial charge in [0.05, 0.1) is 25.1 Å². The minimum Gasteiger partial charge on any atom is -0.396 e. The van der Waals surface area contributed by atoms with Crippen molar-refractivity contribution in [1.82, 2.24) is 19.5 Å². The van der Waals surface area contributed by atoms with Crippen LogP contribution in [0.5, 0.6) is 0 Å². The Morgan fingerprint density at radius 1 is 1.43 bits per heavy atom. The zero-order valence-electron chi connectivity index (χ0n) is 11.5. The fourth-order valence-electron chi connectivity index (χ4n) is 4.06. The number of nitrogens with two attached hydrogens (primary N) is 1. The number of fused-ring (bicyclic) bond motifs is 2. The zero-order chi connectivity index (χ0) is 15.0. The van der Waals surface area contributed by atoms with Gasteiger partial charge >= 0.3 is 0 Å². The number of nitrogens with zero attached hydrogens (tertiary/aromatic N) is 4. The molecule has 1 unspecified atom stereocenters. The molecule has 0 saturated heterocycles. The van der Waals surface area contributed by atoms with Crippen LogP contribution in [0.15, 0.2) is 12.7 Å². The Kier molecular flexibility index (Phi) is 2.28. The van der Waals surface area contributed by atoms with Crippen molar-refractivity contribution in [3.05, 3.63) is 12.7 Å². The molecule has 0 radical (unpaired) electrons. The largest absolute Gasteiger partial charge is 0.396 e. The predicted molar refractivity (Wildman–Crippen MR) is 73.0 cm³/mol. The van der Waals surface area contributed by atoms with Crippen molar-refractivity contribution < 1.29 is 15.3 Å². The SMILES string of the molecule is C[C@@]1(O)C(O)[C@]2(CO)C[C@@H]2[C@H]1n1cnc2c(N)ncnc21. The van der Waals surface area contributed by atoms with Crippen LogP contribution in [-0.2, 0) is 0 Å². The highest BCUT2D eigenvalue weighted by Crippen LogP contribution is 2.70. The maximum atomic E-state index is 10.7. The third-order valence-electron chi connectivity index (χ3n) is 5.24. The normalized spacial score (nSPS) is 41.4. The lowest BCUT2D eigenvalue weighted by atomic mass is 9.89. The molecule has 2 saturated carbocycles. The Morgan fingerprint density at radius 3 is 2.86 bits per heavy atom. The predicted octanol–water partition coefficient (Wildman–Crippen LogP) is -0.926. The number of aliphatic hydroxyl groups excluding tert-OH is 2. The molecule has 0 amide bonds. The molecule has 112 valence electrons. The monoisotopic (exact) mass is 291 g/mol. The Hall–Kier alpha value is -1.77. The summed E-state index contributed by atoms with van der Waals surface area (Å²) in [5.41, 5.74) is 4.80. The molecule has 2 aromatic heterocycles. The summed E-state index contributed by atoms with van der Waals surface area (Å²) in [4.78, 5) is 12.3. The minimum absolute atomic E-state index is 0.0129. The van der Waals surface area contributed by atoms with Crippen LogP contribution in [0.2, 0.25) is 0 Å². The summed E-state index contributed by atoms with van der Waals surface area (Å²) in [6, 6.07) is -0.404. The lowest BCUT2D eigenvalue weighted by molar-refractivity contribution is -0.0997. The first-order valence-corrected chi connectivity index (χ1v) is 6.88. The first-order chi connectivity index (χ1) is 9.93. The van der Waals surface area contributed by atoms with E-state index in [1.54, 1.807) is 17.8 Å². The molecular formula is C13H17N5O3. The van der Waals surface area contributed by atoms with Crippen molar-refractivity contribution in [1.29, 1.82) is 0 Å². The molecule has 8 nitrogen and oxygen atoms in total. The fraction of sp³-hybridized carbons (Fsp3) is 0.615. The maximum Gasteiger partial charge on any atom is 0.165 e. The third kappa shape index (κ3) is 1.37. The fourth-order valence-corrected chi connectivity index (χ4v) is 4.06. The number of nitrogen functional groups attached to an aromatic ring is 1. The minimum atomic E-state index is -1.36. The number of imidazole rings is 1. The molecule has 2 fully saturated rings. The topological polar surface area (TPSA) is 130 Å². The second-order valence-electron chi connectivity index (χ2n) is 6.36. The van der Waals surface area contributed by atoms with E-state index in [0.29, 0.717) is 17.6 Å². The van der Waals surface area contributed by atoms with Crippen LogP contribution >= 0.6 is 0 Å². The average Bonchev–Trinajstić information content (AvgIpc) is 2.96. The summed E-state index contributed by atoms with van der Waals surface area (Å²) in [5.74, 6) is 0.266. The molecule has 5 atom stereocenters. The van der Waals surface area contributed by atoms with Gasteiger partial charge in [-0.2, -0.15) is 0 Å². The Balaban J connectivity index is 1.88. The van der Waals surface area contributed by atoms with E-state index in [9.17, 15) is 15.3 Å². The second-order valence-corrected chi connectivity index (χ2v) is 6.36. The van der Waals surface area contributed by atoms with Crippen molar-refractivity contribution in [2.45, 2.75) is 31.1 Å². The van der Waals surface area contributed by atoms with Crippen molar-refractivity contribution in [2.75, 3.05) is 12.3 Å². The molecule has 2 aliphatic rings. The lowest BCUT2D eigenvalue weighted by Gasteiger charge is -2.34. The first kappa shape index (κ1) is 12.9. The highest BCUT2D eigenvalue weighted by molar-refractivity contribution is 5.81. The van der Waals surface area contributed by atoms with Gasteiger partial charge < -0.3 is 25.6 Å². The van der Waals surface area contributed by atoms with Gasteiger partial charge in [-0.05, 0) is 19.3 Å². The summed E-state index contributed by atoms with van der Waals surface area (Å²) in [6.45, 7) is 1.44. The molecule has 4 rings (SSSR count). The molecule has 8 heteroatoms. The molecule has 0 spiro atoms. The molecule has 2 aromatic rings.